The molecule has 2 heterocycles. The summed E-state index contributed by atoms with van der Waals surface area (Å²) in [6.07, 6.45) is 0.128. The largest absolute Gasteiger partial charge is 0.489 e. The Morgan fingerprint density at radius 1 is 1.04 bits per heavy atom. The van der Waals surface area contributed by atoms with Gasteiger partial charge in [0.2, 0.25) is 0 Å². The molecule has 0 fully saturated rings. The van der Waals surface area contributed by atoms with Crippen molar-refractivity contribution in [3.05, 3.63) is 41.4 Å². The minimum Gasteiger partial charge on any atom is -0.489 e. The molecule has 0 radical (unpaired) electrons. The maximum Gasteiger partial charge on any atom is 0.188 e. The van der Waals surface area contributed by atoms with Gasteiger partial charge in [-0.1, -0.05) is 23.5 Å². The molecule has 0 saturated heterocycles. The van der Waals surface area contributed by atoms with Crippen LogP contribution in [0.3, 0.4) is 0 Å². The zero-order chi connectivity index (χ0) is 16.7. The van der Waals surface area contributed by atoms with Crippen LogP contribution >= 0.6 is 35.1 Å². The zero-order valence-corrected chi connectivity index (χ0v) is 16.5. The van der Waals surface area contributed by atoms with E-state index >= 15 is 0 Å². The highest BCUT2D eigenvalue weighted by Gasteiger charge is 2.12. The Kier molecular flexibility index (Phi) is 5.13. The molecule has 0 aliphatic carbocycles. The van der Waals surface area contributed by atoms with Crippen molar-refractivity contribution in [2.24, 2.45) is 0 Å². The van der Waals surface area contributed by atoms with Gasteiger partial charge in [-0.25, -0.2) is 9.97 Å². The molecular formula is C18H18ClN3OS2. The van der Waals surface area contributed by atoms with Gasteiger partial charge in [-0.2, -0.15) is 0 Å². The van der Waals surface area contributed by atoms with E-state index in [2.05, 4.69) is 22.4 Å². The normalized spacial score (nSPS) is 11.0. The van der Waals surface area contributed by atoms with Crippen molar-refractivity contribution in [3.63, 3.8) is 0 Å². The molecule has 7 heteroatoms. The molecule has 4 aromatic rings. The highest BCUT2D eigenvalue weighted by atomic mass is 35.5. The number of fused-ring (bicyclic) bond motifs is 3. The SMILES string of the molecule is Cc1nc2ccc3sc(Nc4ccccc4OC(C)C)nc3c2s1.Cl. The van der Waals surface area contributed by atoms with E-state index in [1.54, 1.807) is 22.7 Å². The number of rotatable bonds is 4. The summed E-state index contributed by atoms with van der Waals surface area (Å²) in [7, 11) is 0. The van der Waals surface area contributed by atoms with Crippen molar-refractivity contribution < 1.29 is 4.74 Å². The molecule has 2 aromatic heterocycles. The second-order valence-corrected chi connectivity index (χ2v) is 8.03. The number of thiazole rings is 2. The summed E-state index contributed by atoms with van der Waals surface area (Å²) < 4.78 is 8.19. The summed E-state index contributed by atoms with van der Waals surface area (Å²) in [5.41, 5.74) is 2.97. The summed E-state index contributed by atoms with van der Waals surface area (Å²) in [5.74, 6) is 0.838. The van der Waals surface area contributed by atoms with Crippen molar-refractivity contribution in [2.75, 3.05) is 5.32 Å². The molecule has 4 nitrogen and oxygen atoms in total. The Hall–Kier alpha value is -1.89. The number of ether oxygens (including phenoxy) is 1. The number of aryl methyl sites for hydroxylation is 1. The number of nitrogens with one attached hydrogen (secondary N) is 1. The van der Waals surface area contributed by atoms with Crippen LogP contribution in [0.2, 0.25) is 0 Å². The number of anilines is 2. The molecule has 0 unspecified atom stereocenters. The van der Waals surface area contributed by atoms with Crippen LogP contribution in [0, 0.1) is 6.92 Å². The predicted octanol–water partition coefficient (Wildman–Crippen LogP) is 6.17. The Bertz CT molecular complexity index is 1030. The summed E-state index contributed by atoms with van der Waals surface area (Å²) in [4.78, 5) is 9.34. The average molecular weight is 392 g/mol. The highest BCUT2D eigenvalue weighted by molar-refractivity contribution is 7.24. The second kappa shape index (κ2) is 7.15. The lowest BCUT2D eigenvalue weighted by atomic mass is 10.3. The highest BCUT2D eigenvalue weighted by Crippen LogP contribution is 2.37. The molecular weight excluding hydrogens is 374 g/mol. The van der Waals surface area contributed by atoms with Crippen LogP contribution in [-0.2, 0) is 0 Å². The van der Waals surface area contributed by atoms with E-state index in [4.69, 9.17) is 9.72 Å². The fraction of sp³-hybridized carbons (Fsp3) is 0.222. The number of aromatic nitrogens is 2. The molecule has 25 heavy (non-hydrogen) atoms. The first-order valence-electron chi connectivity index (χ1n) is 7.79. The van der Waals surface area contributed by atoms with Gasteiger partial charge in [0.05, 0.1) is 31.7 Å². The second-order valence-electron chi connectivity index (χ2n) is 5.80. The third kappa shape index (κ3) is 3.56. The summed E-state index contributed by atoms with van der Waals surface area (Å²) in [6, 6.07) is 12.1. The molecule has 0 aliphatic rings. The standard InChI is InChI=1S/C18H17N3OS2.ClH/c1-10(2)22-14-7-5-4-6-12(14)20-18-21-16-15(24-18)9-8-13-17(16)23-11(3)19-13;/h4-10H,1-3H3,(H,20,21);1H. The molecule has 0 spiro atoms. The van der Waals surface area contributed by atoms with Crippen LogP contribution in [-0.4, -0.2) is 16.1 Å². The molecule has 0 amide bonds. The van der Waals surface area contributed by atoms with Crippen LogP contribution in [0.25, 0.3) is 20.4 Å². The number of hydrogen-bond acceptors (Lipinski definition) is 6. The monoisotopic (exact) mass is 391 g/mol. The number of benzene rings is 2. The van der Waals surface area contributed by atoms with Crippen molar-refractivity contribution in [3.8, 4) is 5.75 Å². The smallest absolute Gasteiger partial charge is 0.188 e. The van der Waals surface area contributed by atoms with Crippen LogP contribution in [0.4, 0.5) is 10.8 Å². The Morgan fingerprint density at radius 3 is 2.64 bits per heavy atom. The van der Waals surface area contributed by atoms with E-state index in [9.17, 15) is 0 Å². The number of nitrogens with zero attached hydrogens (tertiary/aromatic N) is 2. The van der Waals surface area contributed by atoms with E-state index < -0.39 is 0 Å². The quantitative estimate of drug-likeness (QED) is 0.452. The predicted molar refractivity (Wildman–Crippen MR) is 110 cm³/mol. The van der Waals surface area contributed by atoms with Gasteiger partial charge >= 0.3 is 0 Å². The van der Waals surface area contributed by atoms with Crippen molar-refractivity contribution in [1.29, 1.82) is 0 Å². The number of para-hydroxylation sites is 2. The molecule has 1 N–H and O–H groups in total. The third-order valence-corrected chi connectivity index (χ3v) is 5.44. The van der Waals surface area contributed by atoms with Crippen molar-refractivity contribution in [1.82, 2.24) is 9.97 Å². The lowest BCUT2D eigenvalue weighted by molar-refractivity contribution is 0.244. The van der Waals surface area contributed by atoms with Crippen LogP contribution in [0.15, 0.2) is 36.4 Å². The van der Waals surface area contributed by atoms with Crippen molar-refractivity contribution >= 4 is 66.3 Å². The molecule has 0 saturated carbocycles. The van der Waals surface area contributed by atoms with E-state index in [0.29, 0.717) is 0 Å². The first-order chi connectivity index (χ1) is 11.6. The summed E-state index contributed by atoms with van der Waals surface area (Å²) in [5, 5.41) is 5.34. The van der Waals surface area contributed by atoms with E-state index in [-0.39, 0.29) is 18.5 Å². The molecule has 130 valence electrons. The van der Waals surface area contributed by atoms with Crippen LogP contribution in [0.1, 0.15) is 18.9 Å². The molecule has 0 aliphatic heterocycles. The maximum atomic E-state index is 5.87. The van der Waals surface area contributed by atoms with Gasteiger partial charge in [-0.05, 0) is 45.0 Å². The van der Waals surface area contributed by atoms with Gasteiger partial charge in [0.1, 0.15) is 11.3 Å². The van der Waals surface area contributed by atoms with Gasteiger partial charge in [0.15, 0.2) is 5.13 Å². The van der Waals surface area contributed by atoms with Gasteiger partial charge in [0, 0.05) is 0 Å². The average Bonchev–Trinajstić information content (AvgIpc) is 3.10. The van der Waals surface area contributed by atoms with E-state index in [1.165, 1.54) is 0 Å². The third-order valence-electron chi connectivity index (χ3n) is 3.51. The Labute approximate surface area is 160 Å². The fourth-order valence-electron chi connectivity index (χ4n) is 2.58. The lowest BCUT2D eigenvalue weighted by Gasteiger charge is -2.14. The summed E-state index contributed by atoms with van der Waals surface area (Å²) in [6.45, 7) is 6.08. The number of hydrogen-bond donors (Lipinski definition) is 1. The van der Waals surface area contributed by atoms with Gasteiger partial charge in [-0.3, -0.25) is 0 Å². The van der Waals surface area contributed by atoms with E-state index in [0.717, 1.165) is 42.0 Å². The maximum absolute atomic E-state index is 5.87. The molecule has 2 aromatic carbocycles. The van der Waals surface area contributed by atoms with Gasteiger partial charge in [-0.15, -0.1) is 23.7 Å². The minimum absolute atomic E-state index is 0. The Balaban J connectivity index is 0.00000182. The van der Waals surface area contributed by atoms with Crippen LogP contribution in [0.5, 0.6) is 5.75 Å². The van der Waals surface area contributed by atoms with Crippen molar-refractivity contribution in [2.45, 2.75) is 26.9 Å². The molecule has 0 bridgehead atoms. The molecule has 4 rings (SSSR count). The number of halogens is 1. The van der Waals surface area contributed by atoms with Gasteiger partial charge in [0.25, 0.3) is 0 Å². The Morgan fingerprint density at radius 2 is 1.84 bits per heavy atom. The minimum atomic E-state index is 0. The molecule has 0 atom stereocenters. The topological polar surface area (TPSA) is 47.0 Å². The van der Waals surface area contributed by atoms with Crippen LogP contribution < -0.4 is 10.1 Å². The summed E-state index contributed by atoms with van der Waals surface area (Å²) >= 11 is 3.34. The zero-order valence-electron chi connectivity index (χ0n) is 14.1. The lowest BCUT2D eigenvalue weighted by Crippen LogP contribution is -2.07. The first-order valence-corrected chi connectivity index (χ1v) is 9.43. The first kappa shape index (κ1) is 17.9. The fourth-order valence-corrected chi connectivity index (χ4v) is 4.44. The van der Waals surface area contributed by atoms with Gasteiger partial charge < -0.3 is 10.1 Å². The van der Waals surface area contributed by atoms with E-state index in [1.807, 2.05) is 45.0 Å².